The van der Waals surface area contributed by atoms with Gasteiger partial charge in [0.25, 0.3) is 0 Å². The van der Waals surface area contributed by atoms with Gasteiger partial charge in [-0.1, -0.05) is 13.8 Å². The molecule has 0 saturated heterocycles. The summed E-state index contributed by atoms with van der Waals surface area (Å²) in [5.41, 5.74) is 3.48. The second kappa shape index (κ2) is 9.25. The van der Waals surface area contributed by atoms with Crippen LogP contribution >= 0.6 is 0 Å². The van der Waals surface area contributed by atoms with Crippen molar-refractivity contribution in [3.63, 3.8) is 0 Å². The van der Waals surface area contributed by atoms with Crippen molar-refractivity contribution in [2.75, 3.05) is 0 Å². The predicted octanol–water partition coefficient (Wildman–Crippen LogP) is 5.05. The molecule has 2 aromatic heterocycles. The Bertz CT molecular complexity index is 1450. The molecular formula is C26H26F3N7. The van der Waals surface area contributed by atoms with Crippen LogP contribution in [-0.2, 0) is 12.8 Å². The van der Waals surface area contributed by atoms with Gasteiger partial charge in [-0.3, -0.25) is 4.98 Å². The molecule has 0 amide bonds. The lowest BCUT2D eigenvalue weighted by Crippen LogP contribution is -2.47. The number of H-pyrrole nitrogens is 1. The second-order valence-corrected chi connectivity index (χ2v) is 9.35. The average molecular weight is 494 g/mol. The van der Waals surface area contributed by atoms with E-state index in [-0.39, 0.29) is 12.0 Å². The molecule has 36 heavy (non-hydrogen) atoms. The Morgan fingerprint density at radius 1 is 1.17 bits per heavy atom. The van der Waals surface area contributed by atoms with Crippen molar-refractivity contribution < 1.29 is 13.2 Å². The van der Waals surface area contributed by atoms with Gasteiger partial charge in [-0.25, -0.2) is 18.2 Å². The van der Waals surface area contributed by atoms with Gasteiger partial charge < -0.3 is 10.3 Å². The third-order valence-corrected chi connectivity index (χ3v) is 6.69. The van der Waals surface area contributed by atoms with Gasteiger partial charge in [0.1, 0.15) is 17.5 Å². The number of aliphatic imine (C=N–C) groups is 2. The van der Waals surface area contributed by atoms with Crippen LogP contribution in [0.4, 0.5) is 13.2 Å². The van der Waals surface area contributed by atoms with Crippen molar-refractivity contribution in [1.29, 1.82) is 0 Å². The third-order valence-electron chi connectivity index (χ3n) is 6.69. The molecule has 0 saturated carbocycles. The third kappa shape index (κ3) is 4.27. The van der Waals surface area contributed by atoms with Gasteiger partial charge in [0.2, 0.25) is 5.96 Å². The number of hydrazone groups is 1. The number of aryl methyl sites for hydroxylation is 1. The lowest BCUT2D eigenvalue weighted by atomic mass is 9.91. The number of fused-ring (bicyclic) bond motifs is 3. The molecule has 2 N–H and O–H groups in total. The first-order chi connectivity index (χ1) is 17.2. The van der Waals surface area contributed by atoms with Crippen LogP contribution in [0.5, 0.6) is 0 Å². The number of hydrogen-bond donors (Lipinski definition) is 2. The zero-order valence-electron chi connectivity index (χ0n) is 20.2. The fraction of sp³-hybridized carbons (Fsp3) is 0.308. The first-order valence-electron chi connectivity index (χ1n) is 11.8. The van der Waals surface area contributed by atoms with Crippen LogP contribution in [0.3, 0.4) is 0 Å². The summed E-state index contributed by atoms with van der Waals surface area (Å²) in [6.45, 7) is 9.74. The number of guanidine groups is 1. The number of halogens is 3. The minimum absolute atomic E-state index is 0.101. The van der Waals surface area contributed by atoms with E-state index in [2.05, 4.69) is 37.1 Å². The summed E-state index contributed by atoms with van der Waals surface area (Å²) in [4.78, 5) is 16.4. The van der Waals surface area contributed by atoms with Gasteiger partial charge in [0, 0.05) is 41.7 Å². The molecule has 3 heterocycles. The highest BCUT2D eigenvalue weighted by molar-refractivity contribution is 6.08. The predicted molar refractivity (Wildman–Crippen MR) is 134 cm³/mol. The number of benzene rings is 1. The van der Waals surface area contributed by atoms with Crippen molar-refractivity contribution in [1.82, 2.24) is 20.3 Å². The van der Waals surface area contributed by atoms with Gasteiger partial charge in [-0.2, -0.15) is 15.1 Å². The van der Waals surface area contributed by atoms with E-state index in [1.54, 1.807) is 0 Å². The summed E-state index contributed by atoms with van der Waals surface area (Å²) in [5.74, 6) is -0.317. The lowest BCUT2D eigenvalue weighted by Gasteiger charge is -2.32. The van der Waals surface area contributed by atoms with E-state index in [9.17, 15) is 13.2 Å². The summed E-state index contributed by atoms with van der Waals surface area (Å²) in [7, 11) is 0. The van der Waals surface area contributed by atoms with Crippen LogP contribution in [0.25, 0.3) is 10.9 Å². The van der Waals surface area contributed by atoms with Crippen LogP contribution in [0.2, 0.25) is 0 Å². The Morgan fingerprint density at radius 3 is 2.69 bits per heavy atom. The quantitative estimate of drug-likeness (QED) is 0.499. The number of amidine groups is 1. The van der Waals surface area contributed by atoms with E-state index in [0.29, 0.717) is 46.9 Å². The van der Waals surface area contributed by atoms with E-state index in [4.69, 9.17) is 0 Å². The molecule has 0 unspecified atom stereocenters. The van der Waals surface area contributed by atoms with E-state index >= 15 is 0 Å². The smallest absolute Gasteiger partial charge is 0.228 e. The first kappa shape index (κ1) is 23.8. The summed E-state index contributed by atoms with van der Waals surface area (Å²) < 4.78 is 42.2. The zero-order valence-corrected chi connectivity index (χ0v) is 20.2. The summed E-state index contributed by atoms with van der Waals surface area (Å²) in [6.07, 6.45) is 4.53. The molecule has 1 aliphatic carbocycles. The fourth-order valence-electron chi connectivity index (χ4n) is 4.57. The normalized spacial score (nSPS) is 19.2. The Morgan fingerprint density at radius 2 is 1.97 bits per heavy atom. The SMILES string of the molecule is C=NN1C(N[C@H]2CCc3[nH]c4c(F)cc(F)cc4c3C2)=NC(c2cncc(F)c2)=N/C1=C(/C)C(C)C. The molecule has 0 fully saturated rings. The number of rotatable bonds is 4. The van der Waals surface area contributed by atoms with E-state index in [1.807, 2.05) is 20.8 Å². The number of pyridine rings is 1. The number of allylic oxidation sites excluding steroid dienone is 1. The van der Waals surface area contributed by atoms with Crippen LogP contribution < -0.4 is 5.32 Å². The van der Waals surface area contributed by atoms with E-state index in [0.717, 1.165) is 35.5 Å². The van der Waals surface area contributed by atoms with E-state index < -0.39 is 17.5 Å². The molecule has 1 aromatic carbocycles. The number of nitrogens with zero attached hydrogens (tertiary/aromatic N) is 5. The molecule has 1 aliphatic heterocycles. The van der Waals surface area contributed by atoms with Crippen LogP contribution in [0.15, 0.2) is 57.1 Å². The van der Waals surface area contributed by atoms with Gasteiger partial charge in [0.05, 0.1) is 11.7 Å². The molecule has 186 valence electrons. The molecule has 2 aliphatic rings. The lowest BCUT2D eigenvalue weighted by molar-refractivity contribution is 0.455. The summed E-state index contributed by atoms with van der Waals surface area (Å²) in [6, 6.07) is 3.47. The number of aromatic amines is 1. The average Bonchev–Trinajstić information content (AvgIpc) is 3.21. The molecule has 1 atom stereocenters. The van der Waals surface area contributed by atoms with Gasteiger partial charge in [0.15, 0.2) is 11.7 Å². The standard InChI is InChI=1S/C26H26F3N7/c1-13(2)14(3)25-34-24(15-7-17(28)12-31-11-15)35-26(36(25)30-4)32-18-5-6-22-19(10-18)20-8-16(27)9-21(29)23(20)33-22/h7-9,11-13,18,33H,4-6,10H2,1-3H3,(H,32,34,35)/b25-14+/t18-/m0/s1. The Labute approximate surface area is 206 Å². The van der Waals surface area contributed by atoms with Gasteiger partial charge in [-0.15, -0.1) is 0 Å². The monoisotopic (exact) mass is 493 g/mol. The molecule has 3 aromatic rings. The van der Waals surface area contributed by atoms with Gasteiger partial charge >= 0.3 is 0 Å². The van der Waals surface area contributed by atoms with Crippen LogP contribution in [0, 0.1) is 23.4 Å². The topological polar surface area (TPSA) is 81.0 Å². The van der Waals surface area contributed by atoms with Gasteiger partial charge in [-0.05, 0) is 55.4 Å². The molecule has 0 spiro atoms. The van der Waals surface area contributed by atoms with Crippen LogP contribution in [0.1, 0.15) is 44.0 Å². The minimum Gasteiger partial charge on any atom is -0.356 e. The maximum atomic E-state index is 14.3. The fourth-order valence-corrected chi connectivity index (χ4v) is 4.57. The molecule has 7 nitrogen and oxygen atoms in total. The Hall–Kier alpha value is -3.95. The molecular weight excluding hydrogens is 467 g/mol. The maximum absolute atomic E-state index is 14.3. The molecule has 5 rings (SSSR count). The highest BCUT2D eigenvalue weighted by atomic mass is 19.1. The van der Waals surface area contributed by atoms with Crippen molar-refractivity contribution in [2.45, 2.75) is 46.1 Å². The highest BCUT2D eigenvalue weighted by Crippen LogP contribution is 2.32. The Balaban J connectivity index is 1.52. The summed E-state index contributed by atoms with van der Waals surface area (Å²) >= 11 is 0. The Kier molecular flexibility index (Phi) is 6.11. The van der Waals surface area contributed by atoms with Crippen molar-refractivity contribution >= 4 is 29.4 Å². The van der Waals surface area contributed by atoms with Crippen molar-refractivity contribution in [2.24, 2.45) is 21.0 Å². The zero-order chi connectivity index (χ0) is 25.6. The first-order valence-corrected chi connectivity index (χ1v) is 11.8. The number of hydrogen-bond acceptors (Lipinski definition) is 6. The van der Waals surface area contributed by atoms with Crippen LogP contribution in [-0.4, -0.2) is 39.5 Å². The minimum atomic E-state index is -0.612. The number of aromatic nitrogens is 2. The highest BCUT2D eigenvalue weighted by Gasteiger charge is 2.30. The second-order valence-electron chi connectivity index (χ2n) is 9.35. The van der Waals surface area contributed by atoms with Crippen molar-refractivity contribution in [3.8, 4) is 0 Å². The number of nitrogens with one attached hydrogen (secondary N) is 2. The molecule has 10 heteroatoms. The largest absolute Gasteiger partial charge is 0.356 e. The van der Waals surface area contributed by atoms with E-state index in [1.165, 1.54) is 23.3 Å². The van der Waals surface area contributed by atoms with Crippen molar-refractivity contribution in [3.05, 3.63) is 76.3 Å². The molecule has 0 radical (unpaired) electrons. The summed E-state index contributed by atoms with van der Waals surface area (Å²) in [5, 5.41) is 9.68. The molecule has 0 bridgehead atoms. The maximum Gasteiger partial charge on any atom is 0.228 e.